The number of oxazole rings is 1. The molecule has 6 heterocycles. The van der Waals surface area contributed by atoms with E-state index < -0.39 is 5.41 Å². The first kappa shape index (κ1) is 30.4. The summed E-state index contributed by atoms with van der Waals surface area (Å²) >= 11 is 0. The molecular formula is C38H37N9O3. The van der Waals surface area contributed by atoms with Crippen molar-refractivity contribution in [3.05, 3.63) is 84.5 Å². The van der Waals surface area contributed by atoms with Crippen LogP contribution in [0.5, 0.6) is 0 Å². The van der Waals surface area contributed by atoms with Crippen molar-refractivity contribution < 1.29 is 14.0 Å². The quantitative estimate of drug-likeness (QED) is 0.256. The van der Waals surface area contributed by atoms with Gasteiger partial charge in [-0.3, -0.25) is 24.3 Å². The molecule has 2 amide bonds. The van der Waals surface area contributed by atoms with Crippen LogP contribution in [-0.4, -0.2) is 90.8 Å². The van der Waals surface area contributed by atoms with Crippen molar-refractivity contribution in [3.63, 3.8) is 0 Å². The zero-order valence-electron chi connectivity index (χ0n) is 28.1. The zero-order chi connectivity index (χ0) is 34.0. The molecule has 0 bridgehead atoms. The van der Waals surface area contributed by atoms with E-state index in [1.54, 1.807) is 11.0 Å². The van der Waals surface area contributed by atoms with E-state index in [4.69, 9.17) is 4.42 Å². The smallest absolute Gasteiger partial charge is 0.237 e. The lowest BCUT2D eigenvalue weighted by molar-refractivity contribution is -0.132. The lowest BCUT2D eigenvalue weighted by Crippen LogP contribution is -2.43. The first-order valence-electron chi connectivity index (χ1n) is 17.2. The molecule has 9 rings (SSSR count). The molecule has 12 nitrogen and oxygen atoms in total. The lowest BCUT2D eigenvalue weighted by atomic mass is 9.85. The zero-order valence-corrected chi connectivity index (χ0v) is 28.1. The monoisotopic (exact) mass is 667 g/mol. The van der Waals surface area contributed by atoms with Gasteiger partial charge in [-0.25, -0.2) is 9.97 Å². The highest BCUT2D eigenvalue weighted by Gasteiger charge is 2.51. The third-order valence-corrected chi connectivity index (χ3v) is 10.6. The van der Waals surface area contributed by atoms with Gasteiger partial charge in [-0.2, -0.15) is 10.2 Å². The Kier molecular flexibility index (Phi) is 7.16. The number of amides is 2. The molecule has 6 aromatic rings. The Morgan fingerprint density at radius 1 is 0.980 bits per heavy atom. The Labute approximate surface area is 288 Å². The number of aromatic amines is 1. The van der Waals surface area contributed by atoms with Gasteiger partial charge in [-0.15, -0.1) is 0 Å². The molecular weight excluding hydrogens is 630 g/mol. The van der Waals surface area contributed by atoms with Crippen LogP contribution in [0.3, 0.4) is 0 Å². The van der Waals surface area contributed by atoms with E-state index in [1.165, 1.54) is 5.57 Å². The molecule has 50 heavy (non-hydrogen) atoms. The highest BCUT2D eigenvalue weighted by atomic mass is 16.3. The second-order valence-electron chi connectivity index (χ2n) is 13.8. The number of nitrogens with zero attached hydrogens (tertiary/aromatic N) is 8. The standard InChI is InChI=1S/C38H37N9O3/c1-24-40-32-19-28(7-10-33(32)50-24)35-30-20-29(8-9-31(30)41-42-35)47-18-14-38(37(47)49)13-17-45(22-38)21-34(48)46-15-11-26(12-16-46)25-3-5-27(6-4-25)36-39-23-44(2)43-36/h3-11,19-20,23H,12-18,21-22H2,1-2H3,(H,41,42). The summed E-state index contributed by atoms with van der Waals surface area (Å²) in [6.07, 6.45) is 6.21. The Balaban J connectivity index is 0.842. The number of carbonyl (C=O) groups is 2. The fourth-order valence-electron chi connectivity index (χ4n) is 7.87. The molecule has 1 spiro atoms. The largest absolute Gasteiger partial charge is 0.441 e. The molecule has 2 saturated heterocycles. The van der Waals surface area contributed by atoms with Crippen LogP contribution in [0, 0.1) is 12.3 Å². The van der Waals surface area contributed by atoms with E-state index in [1.807, 2.05) is 66.2 Å². The van der Waals surface area contributed by atoms with Crippen LogP contribution in [0.2, 0.25) is 0 Å². The average molecular weight is 668 g/mol. The number of carbonyl (C=O) groups excluding carboxylic acids is 2. The Morgan fingerprint density at radius 3 is 2.60 bits per heavy atom. The van der Waals surface area contributed by atoms with Crippen LogP contribution < -0.4 is 4.90 Å². The van der Waals surface area contributed by atoms with E-state index in [0.717, 1.165) is 75.9 Å². The van der Waals surface area contributed by atoms with Crippen LogP contribution in [0.4, 0.5) is 5.69 Å². The number of benzene rings is 3. The summed E-state index contributed by atoms with van der Waals surface area (Å²) < 4.78 is 7.35. The van der Waals surface area contributed by atoms with Crippen LogP contribution >= 0.6 is 0 Å². The highest BCUT2D eigenvalue weighted by Crippen LogP contribution is 2.43. The number of aryl methyl sites for hydroxylation is 2. The van der Waals surface area contributed by atoms with E-state index in [-0.39, 0.29) is 11.8 Å². The van der Waals surface area contributed by atoms with E-state index in [2.05, 4.69) is 54.4 Å². The van der Waals surface area contributed by atoms with Gasteiger partial charge in [-0.05, 0) is 73.3 Å². The van der Waals surface area contributed by atoms with Gasteiger partial charge in [0.05, 0.1) is 17.5 Å². The van der Waals surface area contributed by atoms with Gasteiger partial charge in [-0.1, -0.05) is 30.3 Å². The molecule has 1 unspecified atom stereocenters. The maximum absolute atomic E-state index is 14.1. The minimum Gasteiger partial charge on any atom is -0.441 e. The second-order valence-corrected chi connectivity index (χ2v) is 13.8. The number of likely N-dealkylation sites (tertiary alicyclic amines) is 1. The summed E-state index contributed by atoms with van der Waals surface area (Å²) in [4.78, 5) is 42.3. The van der Waals surface area contributed by atoms with Crippen molar-refractivity contribution in [3.8, 4) is 22.6 Å². The maximum atomic E-state index is 14.1. The van der Waals surface area contributed by atoms with Gasteiger partial charge < -0.3 is 14.2 Å². The van der Waals surface area contributed by atoms with Gasteiger partial charge in [0.1, 0.15) is 17.5 Å². The van der Waals surface area contributed by atoms with Crippen molar-refractivity contribution in [1.29, 1.82) is 0 Å². The van der Waals surface area contributed by atoms with Crippen LogP contribution in [-0.2, 0) is 16.6 Å². The summed E-state index contributed by atoms with van der Waals surface area (Å²) in [6.45, 7) is 5.46. The minimum atomic E-state index is -0.462. The molecule has 0 radical (unpaired) electrons. The normalized spacial score (nSPS) is 19.8. The SMILES string of the molecule is Cc1nc2cc(-c3n[nH]c4ccc(N5CCC6(CCN(CC(=O)N7CC=C(c8ccc(-c9ncn(C)n9)cc8)CC7)C6)C5=O)cc34)ccc2o1. The number of hydrogen-bond acceptors (Lipinski definition) is 8. The van der Waals surface area contributed by atoms with E-state index in [0.29, 0.717) is 44.4 Å². The van der Waals surface area contributed by atoms with Crippen LogP contribution in [0.15, 0.2) is 77.5 Å². The Bertz CT molecular complexity index is 2320. The van der Waals surface area contributed by atoms with Crippen LogP contribution in [0.25, 0.3) is 50.2 Å². The molecule has 3 aromatic heterocycles. The number of rotatable bonds is 6. The number of H-pyrrole nitrogens is 1. The summed E-state index contributed by atoms with van der Waals surface area (Å²) in [5, 5.41) is 13.1. The molecule has 1 atom stereocenters. The molecule has 3 aliphatic heterocycles. The van der Waals surface area contributed by atoms with Gasteiger partial charge in [0, 0.05) is 62.4 Å². The molecule has 0 saturated carbocycles. The van der Waals surface area contributed by atoms with Gasteiger partial charge in [0.2, 0.25) is 11.8 Å². The third kappa shape index (κ3) is 5.27. The van der Waals surface area contributed by atoms with Crippen molar-refractivity contribution in [2.75, 3.05) is 44.2 Å². The lowest BCUT2D eigenvalue weighted by Gasteiger charge is -2.29. The number of aromatic nitrogens is 6. The second kappa shape index (κ2) is 11.8. The van der Waals surface area contributed by atoms with Crippen molar-refractivity contribution in [2.45, 2.75) is 26.2 Å². The van der Waals surface area contributed by atoms with Gasteiger partial charge in [0.25, 0.3) is 0 Å². The molecule has 3 aromatic carbocycles. The van der Waals surface area contributed by atoms with E-state index in [9.17, 15) is 9.59 Å². The fourth-order valence-corrected chi connectivity index (χ4v) is 7.87. The summed E-state index contributed by atoms with van der Waals surface area (Å²) in [6, 6.07) is 20.2. The molecule has 1 N–H and O–H groups in total. The van der Waals surface area contributed by atoms with Crippen molar-refractivity contribution in [1.82, 2.24) is 39.7 Å². The van der Waals surface area contributed by atoms with E-state index >= 15 is 0 Å². The predicted octanol–water partition coefficient (Wildman–Crippen LogP) is 5.22. The molecule has 2 fully saturated rings. The number of fused-ring (bicyclic) bond motifs is 2. The molecule has 3 aliphatic rings. The first-order valence-corrected chi connectivity index (χ1v) is 17.2. The molecule has 0 aliphatic carbocycles. The summed E-state index contributed by atoms with van der Waals surface area (Å²) in [5.41, 5.74) is 7.98. The molecule has 12 heteroatoms. The summed E-state index contributed by atoms with van der Waals surface area (Å²) in [7, 11) is 1.86. The highest BCUT2D eigenvalue weighted by molar-refractivity contribution is 6.03. The number of nitrogens with one attached hydrogen (secondary N) is 1. The van der Waals surface area contributed by atoms with Crippen molar-refractivity contribution in [2.24, 2.45) is 12.5 Å². The fraction of sp³-hybridized carbons (Fsp3) is 0.316. The maximum Gasteiger partial charge on any atom is 0.237 e. The number of hydrogen-bond donors (Lipinski definition) is 1. The summed E-state index contributed by atoms with van der Waals surface area (Å²) in [5.74, 6) is 1.60. The number of anilines is 1. The third-order valence-electron chi connectivity index (χ3n) is 10.6. The minimum absolute atomic E-state index is 0.119. The van der Waals surface area contributed by atoms with Gasteiger partial charge >= 0.3 is 0 Å². The van der Waals surface area contributed by atoms with Crippen molar-refractivity contribution >= 4 is 45.1 Å². The van der Waals surface area contributed by atoms with Crippen LogP contribution in [0.1, 0.15) is 30.7 Å². The van der Waals surface area contributed by atoms with Gasteiger partial charge in [0.15, 0.2) is 17.3 Å². The Morgan fingerprint density at radius 2 is 1.80 bits per heavy atom. The average Bonchev–Trinajstić information content (AvgIpc) is 3.97. The first-order chi connectivity index (χ1) is 24.3. The molecule has 252 valence electrons. The topological polar surface area (TPSA) is 129 Å². The Hall–Kier alpha value is -5.62. The predicted molar refractivity (Wildman–Crippen MR) is 190 cm³/mol.